The Bertz CT molecular complexity index is 447. The molecule has 1 fully saturated rings. The van der Waals surface area contributed by atoms with Crippen LogP contribution >= 0.6 is 0 Å². The summed E-state index contributed by atoms with van der Waals surface area (Å²) < 4.78 is 0. The van der Waals surface area contributed by atoms with E-state index in [9.17, 15) is 0 Å². The van der Waals surface area contributed by atoms with Crippen LogP contribution in [0.25, 0.3) is 0 Å². The number of rotatable bonds is 1. The second kappa shape index (κ2) is 4.77. The van der Waals surface area contributed by atoms with Crippen LogP contribution in [0.1, 0.15) is 25.0 Å². The number of nitriles is 1. The van der Waals surface area contributed by atoms with Gasteiger partial charge in [0.05, 0.1) is 11.6 Å². The second-order valence-electron chi connectivity index (χ2n) is 4.92. The minimum atomic E-state index is 0.499. The molecule has 1 N–H and O–H groups in total. The topological polar surface area (TPSA) is 39.1 Å². The van der Waals surface area contributed by atoms with E-state index in [-0.39, 0.29) is 0 Å². The molecule has 2 atom stereocenters. The number of benzene rings is 1. The Morgan fingerprint density at radius 2 is 2.18 bits per heavy atom. The molecule has 1 aromatic rings. The van der Waals surface area contributed by atoms with Crippen molar-refractivity contribution in [3.05, 3.63) is 29.3 Å². The number of piperazine rings is 1. The highest BCUT2D eigenvalue weighted by atomic mass is 15.2. The Morgan fingerprint density at radius 1 is 1.41 bits per heavy atom. The summed E-state index contributed by atoms with van der Waals surface area (Å²) in [5, 5.41) is 12.4. The molecule has 0 radical (unpaired) electrons. The number of aryl methyl sites for hydroxylation is 1. The van der Waals surface area contributed by atoms with Crippen LogP contribution in [0.3, 0.4) is 0 Å². The highest BCUT2D eigenvalue weighted by Gasteiger charge is 2.22. The van der Waals surface area contributed by atoms with Crippen molar-refractivity contribution in [2.45, 2.75) is 32.9 Å². The van der Waals surface area contributed by atoms with Gasteiger partial charge < -0.3 is 10.2 Å². The fourth-order valence-electron chi connectivity index (χ4n) is 2.33. The molecule has 3 nitrogen and oxygen atoms in total. The summed E-state index contributed by atoms with van der Waals surface area (Å²) in [6, 6.07) is 9.32. The highest BCUT2D eigenvalue weighted by molar-refractivity contribution is 5.54. The monoisotopic (exact) mass is 229 g/mol. The molecule has 0 spiro atoms. The Balaban J connectivity index is 2.27. The van der Waals surface area contributed by atoms with Gasteiger partial charge in [-0.15, -0.1) is 0 Å². The average molecular weight is 229 g/mol. The lowest BCUT2D eigenvalue weighted by Crippen LogP contribution is -2.54. The van der Waals surface area contributed by atoms with Crippen molar-refractivity contribution >= 4 is 5.69 Å². The fraction of sp³-hybridized carbons (Fsp3) is 0.500. The molecular weight excluding hydrogens is 210 g/mol. The van der Waals surface area contributed by atoms with Crippen molar-refractivity contribution in [2.24, 2.45) is 0 Å². The number of hydrogen-bond acceptors (Lipinski definition) is 3. The molecule has 2 rings (SSSR count). The summed E-state index contributed by atoms with van der Waals surface area (Å²) in [5.41, 5.74) is 3.05. The van der Waals surface area contributed by atoms with E-state index in [1.54, 1.807) is 0 Å². The average Bonchev–Trinajstić information content (AvgIpc) is 2.32. The third-order valence-corrected chi connectivity index (χ3v) is 3.43. The molecule has 1 aliphatic rings. The number of anilines is 1. The molecule has 90 valence electrons. The molecule has 1 aromatic carbocycles. The first-order chi connectivity index (χ1) is 8.11. The van der Waals surface area contributed by atoms with Crippen molar-refractivity contribution in [3.8, 4) is 6.07 Å². The third kappa shape index (κ3) is 2.42. The van der Waals surface area contributed by atoms with Crippen LogP contribution in [-0.2, 0) is 0 Å². The summed E-state index contributed by atoms with van der Waals surface area (Å²) in [6.07, 6.45) is 0. The maximum atomic E-state index is 8.94. The Hall–Kier alpha value is -1.53. The van der Waals surface area contributed by atoms with Gasteiger partial charge in [-0.05, 0) is 44.5 Å². The summed E-state index contributed by atoms with van der Waals surface area (Å²) in [6.45, 7) is 8.47. The van der Waals surface area contributed by atoms with Gasteiger partial charge in [-0.25, -0.2) is 0 Å². The van der Waals surface area contributed by atoms with E-state index < -0.39 is 0 Å². The van der Waals surface area contributed by atoms with Gasteiger partial charge in [0.15, 0.2) is 0 Å². The molecule has 17 heavy (non-hydrogen) atoms. The number of hydrogen-bond donors (Lipinski definition) is 1. The van der Waals surface area contributed by atoms with E-state index in [4.69, 9.17) is 5.26 Å². The van der Waals surface area contributed by atoms with Gasteiger partial charge in [0.2, 0.25) is 0 Å². The van der Waals surface area contributed by atoms with Crippen molar-refractivity contribution < 1.29 is 0 Å². The normalized spacial score (nSPS) is 24.5. The van der Waals surface area contributed by atoms with Crippen molar-refractivity contribution in [1.82, 2.24) is 5.32 Å². The molecule has 1 aliphatic heterocycles. The largest absolute Gasteiger partial charge is 0.366 e. The molecule has 0 unspecified atom stereocenters. The van der Waals surface area contributed by atoms with E-state index >= 15 is 0 Å². The molecule has 0 amide bonds. The Labute approximate surface area is 103 Å². The number of nitrogens with zero attached hydrogens (tertiary/aromatic N) is 2. The molecular formula is C14H19N3. The summed E-state index contributed by atoms with van der Waals surface area (Å²) in [4.78, 5) is 2.41. The molecule has 3 heteroatoms. The van der Waals surface area contributed by atoms with Crippen molar-refractivity contribution in [1.29, 1.82) is 5.26 Å². The van der Waals surface area contributed by atoms with Crippen LogP contribution < -0.4 is 10.2 Å². The SMILES string of the molecule is Cc1cc(N2C[C@H](C)NC[C@@H]2C)ccc1C#N. The van der Waals surface area contributed by atoms with Gasteiger partial charge in [0.1, 0.15) is 0 Å². The second-order valence-corrected chi connectivity index (χ2v) is 4.92. The summed E-state index contributed by atoms with van der Waals surface area (Å²) in [5.74, 6) is 0. The van der Waals surface area contributed by atoms with E-state index in [0.717, 1.165) is 24.2 Å². The molecule has 1 saturated heterocycles. The minimum Gasteiger partial charge on any atom is -0.366 e. The van der Waals surface area contributed by atoms with Gasteiger partial charge >= 0.3 is 0 Å². The minimum absolute atomic E-state index is 0.499. The molecule has 0 bridgehead atoms. The maximum Gasteiger partial charge on any atom is 0.0994 e. The zero-order chi connectivity index (χ0) is 12.4. The smallest absolute Gasteiger partial charge is 0.0994 e. The molecule has 0 aliphatic carbocycles. The first-order valence-corrected chi connectivity index (χ1v) is 6.12. The van der Waals surface area contributed by atoms with Gasteiger partial charge in [-0.2, -0.15) is 5.26 Å². The molecule has 0 aromatic heterocycles. The van der Waals surface area contributed by atoms with Crippen LogP contribution in [0.15, 0.2) is 18.2 Å². The third-order valence-electron chi connectivity index (χ3n) is 3.43. The first kappa shape index (κ1) is 11.9. The van der Waals surface area contributed by atoms with Crippen molar-refractivity contribution in [2.75, 3.05) is 18.0 Å². The fourth-order valence-corrected chi connectivity index (χ4v) is 2.33. The lowest BCUT2D eigenvalue weighted by Gasteiger charge is -2.39. The van der Waals surface area contributed by atoms with Crippen molar-refractivity contribution in [3.63, 3.8) is 0 Å². The van der Waals surface area contributed by atoms with Gasteiger partial charge in [0.25, 0.3) is 0 Å². The van der Waals surface area contributed by atoms with E-state index in [2.05, 4.69) is 42.3 Å². The van der Waals surface area contributed by atoms with Crippen LogP contribution in [-0.4, -0.2) is 25.2 Å². The quantitative estimate of drug-likeness (QED) is 0.801. The van der Waals surface area contributed by atoms with Crippen LogP contribution in [0, 0.1) is 18.3 Å². The highest BCUT2D eigenvalue weighted by Crippen LogP contribution is 2.22. The lowest BCUT2D eigenvalue weighted by molar-refractivity contribution is 0.425. The molecule has 1 heterocycles. The summed E-state index contributed by atoms with van der Waals surface area (Å²) >= 11 is 0. The standard InChI is InChI=1S/C14H19N3/c1-10-6-14(5-4-13(10)7-15)17-9-11(2)16-8-12(17)3/h4-6,11-12,16H,8-9H2,1-3H3/t11-,12-/m0/s1. The van der Waals surface area contributed by atoms with E-state index in [0.29, 0.717) is 12.1 Å². The van der Waals surface area contributed by atoms with E-state index in [1.807, 2.05) is 13.0 Å². The van der Waals surface area contributed by atoms with Gasteiger partial charge in [-0.3, -0.25) is 0 Å². The zero-order valence-corrected chi connectivity index (χ0v) is 10.7. The van der Waals surface area contributed by atoms with Gasteiger partial charge in [0, 0.05) is 30.9 Å². The van der Waals surface area contributed by atoms with Crippen LogP contribution in [0.4, 0.5) is 5.69 Å². The zero-order valence-electron chi connectivity index (χ0n) is 10.7. The molecule has 0 saturated carbocycles. The van der Waals surface area contributed by atoms with Gasteiger partial charge in [-0.1, -0.05) is 0 Å². The first-order valence-electron chi connectivity index (χ1n) is 6.12. The van der Waals surface area contributed by atoms with Crippen LogP contribution in [0.2, 0.25) is 0 Å². The Morgan fingerprint density at radius 3 is 2.82 bits per heavy atom. The maximum absolute atomic E-state index is 8.94. The Kier molecular flexibility index (Phi) is 3.35. The predicted octanol–water partition coefficient (Wildman–Crippen LogP) is 2.05. The lowest BCUT2D eigenvalue weighted by atomic mass is 10.1. The van der Waals surface area contributed by atoms with Crippen LogP contribution in [0.5, 0.6) is 0 Å². The van der Waals surface area contributed by atoms with E-state index in [1.165, 1.54) is 5.69 Å². The predicted molar refractivity (Wildman–Crippen MR) is 70.2 cm³/mol. The number of nitrogens with one attached hydrogen (secondary N) is 1. The summed E-state index contributed by atoms with van der Waals surface area (Å²) in [7, 11) is 0.